The summed E-state index contributed by atoms with van der Waals surface area (Å²) in [6.45, 7) is -2.08. The predicted molar refractivity (Wildman–Crippen MR) is 129 cm³/mol. The lowest BCUT2D eigenvalue weighted by atomic mass is 10.1. The van der Waals surface area contributed by atoms with Gasteiger partial charge in [-0.2, -0.15) is 0 Å². The first-order valence-corrected chi connectivity index (χ1v) is 11.0. The quantitative estimate of drug-likeness (QED) is 0.0563. The predicted octanol–water partition coefficient (Wildman–Crippen LogP) is -4.20. The molecule has 2 aliphatic rings. The fourth-order valence-electron chi connectivity index (χ4n) is 3.09. The number of carbonyl (C=O) groups is 7. The number of aliphatic hydroxyl groups excluding tert-OH is 2. The lowest BCUT2D eigenvalue weighted by molar-refractivity contribution is -0.394. The first-order chi connectivity index (χ1) is 19.7. The lowest BCUT2D eigenvalue weighted by Gasteiger charge is -2.21. The van der Waals surface area contributed by atoms with Crippen molar-refractivity contribution in [2.45, 2.75) is 12.3 Å². The molecule has 24 nitrogen and oxygen atoms in total. The molecule has 11 amide bonds. The summed E-state index contributed by atoms with van der Waals surface area (Å²) in [7, 11) is 0. The number of primary amides is 1. The van der Waals surface area contributed by atoms with Gasteiger partial charge in [-0.25, -0.2) is 19.2 Å². The van der Waals surface area contributed by atoms with E-state index in [1.165, 1.54) is 0 Å². The maximum absolute atomic E-state index is 11.7. The van der Waals surface area contributed by atoms with Gasteiger partial charge in [0.25, 0.3) is 23.2 Å². The minimum atomic E-state index is -1.43. The van der Waals surface area contributed by atoms with Crippen LogP contribution in [0, 0.1) is 20.2 Å². The van der Waals surface area contributed by atoms with Crippen molar-refractivity contribution in [3.8, 4) is 0 Å². The number of nitrogens with two attached hydrogens (primary N) is 1. The highest BCUT2D eigenvalue weighted by molar-refractivity contribution is 6.06. The standard InChI is InChI=1S/C11H16N8O8.C7H5N3O5/c20-2-18-4(6(22)16-10(18)26)14-8(24)12-1-13-9(25)15-5-7(23)17-11(27)19(5)3-21;8-7(11)4-1-5(9(12)13)3-6(2-4)10(14)15/h4-5,20-21H,1-3H2,(H2,12,14,24)(H2,13,15,25)(H,16,22,26)(H,17,23,27);1-3H,(H2,8,11). The second-order valence-corrected chi connectivity index (χ2v) is 7.71. The Kier molecular flexibility index (Phi) is 10.5. The third-order valence-corrected chi connectivity index (χ3v) is 5.05. The molecule has 3 rings (SSSR count). The first kappa shape index (κ1) is 32.0. The topological polar surface area (TPSA) is 351 Å². The van der Waals surface area contributed by atoms with Crippen molar-refractivity contribution in [2.75, 3.05) is 20.1 Å². The molecule has 0 aromatic heterocycles. The molecule has 2 saturated heterocycles. The van der Waals surface area contributed by atoms with Crippen LogP contribution in [0.4, 0.5) is 30.6 Å². The van der Waals surface area contributed by atoms with Crippen LogP contribution in [0.5, 0.6) is 0 Å². The summed E-state index contributed by atoms with van der Waals surface area (Å²) in [5, 5.41) is 51.0. The average Bonchev–Trinajstić information content (AvgIpc) is 3.34. The molecule has 2 atom stereocenters. The van der Waals surface area contributed by atoms with Crippen LogP contribution in [0.2, 0.25) is 0 Å². The third kappa shape index (κ3) is 7.93. The van der Waals surface area contributed by atoms with E-state index in [4.69, 9.17) is 15.9 Å². The van der Waals surface area contributed by atoms with Gasteiger partial charge in [-0.1, -0.05) is 0 Å². The van der Waals surface area contributed by atoms with Gasteiger partial charge < -0.3 is 37.2 Å². The Morgan fingerprint density at radius 2 is 1.19 bits per heavy atom. The molecule has 42 heavy (non-hydrogen) atoms. The number of amides is 11. The van der Waals surface area contributed by atoms with Gasteiger partial charge in [0.05, 0.1) is 28.1 Å². The number of urea groups is 4. The molecule has 0 bridgehead atoms. The minimum Gasteiger partial charge on any atom is -0.376 e. The lowest BCUT2D eigenvalue weighted by Crippen LogP contribution is -2.56. The van der Waals surface area contributed by atoms with Crippen LogP contribution < -0.4 is 37.6 Å². The summed E-state index contributed by atoms with van der Waals surface area (Å²) >= 11 is 0. The molecule has 2 heterocycles. The van der Waals surface area contributed by atoms with Crippen LogP contribution in [0.1, 0.15) is 10.4 Å². The van der Waals surface area contributed by atoms with E-state index in [-0.39, 0.29) is 5.56 Å². The molecule has 2 aliphatic heterocycles. The number of rotatable bonds is 9. The van der Waals surface area contributed by atoms with Gasteiger partial charge in [-0.05, 0) is 0 Å². The second kappa shape index (κ2) is 13.8. The van der Waals surface area contributed by atoms with Crippen molar-refractivity contribution in [1.82, 2.24) is 41.7 Å². The van der Waals surface area contributed by atoms with Gasteiger partial charge in [0.15, 0.2) is 12.3 Å². The zero-order chi connectivity index (χ0) is 31.7. The van der Waals surface area contributed by atoms with Crippen LogP contribution in [0.15, 0.2) is 18.2 Å². The maximum Gasteiger partial charge on any atom is 0.328 e. The summed E-state index contributed by atoms with van der Waals surface area (Å²) < 4.78 is 0. The zero-order valence-corrected chi connectivity index (χ0v) is 20.8. The van der Waals surface area contributed by atoms with Crippen molar-refractivity contribution in [1.29, 1.82) is 0 Å². The number of aliphatic hydroxyl groups is 2. The minimum absolute atomic E-state index is 0.268. The first-order valence-electron chi connectivity index (χ1n) is 11.0. The summed E-state index contributed by atoms with van der Waals surface area (Å²) in [5.74, 6) is -2.66. The number of carbonyl (C=O) groups excluding carboxylic acids is 7. The number of hydrogen-bond donors (Lipinski definition) is 9. The van der Waals surface area contributed by atoms with Gasteiger partial charge in [-0.15, -0.1) is 0 Å². The van der Waals surface area contributed by atoms with Gasteiger partial charge in [0, 0.05) is 12.1 Å². The Balaban J connectivity index is 0.000000347. The highest BCUT2D eigenvalue weighted by Crippen LogP contribution is 2.22. The van der Waals surface area contributed by atoms with E-state index in [9.17, 15) is 53.8 Å². The van der Waals surface area contributed by atoms with Crippen LogP contribution in [-0.4, -0.2) is 104 Å². The van der Waals surface area contributed by atoms with Crippen molar-refractivity contribution in [2.24, 2.45) is 5.73 Å². The van der Waals surface area contributed by atoms with E-state index in [0.717, 1.165) is 18.2 Å². The van der Waals surface area contributed by atoms with E-state index >= 15 is 0 Å². The van der Waals surface area contributed by atoms with Crippen molar-refractivity contribution >= 4 is 53.2 Å². The molecule has 0 radical (unpaired) electrons. The highest BCUT2D eigenvalue weighted by Gasteiger charge is 2.40. The number of nitrogens with zero attached hydrogens (tertiary/aromatic N) is 4. The van der Waals surface area contributed by atoms with Crippen molar-refractivity contribution in [3.63, 3.8) is 0 Å². The van der Waals surface area contributed by atoms with Crippen LogP contribution >= 0.6 is 0 Å². The Morgan fingerprint density at radius 1 is 0.810 bits per heavy atom. The van der Waals surface area contributed by atoms with Gasteiger partial charge in [0.2, 0.25) is 5.91 Å². The summed E-state index contributed by atoms with van der Waals surface area (Å²) in [4.78, 5) is 100. The molecule has 0 saturated carbocycles. The summed E-state index contributed by atoms with van der Waals surface area (Å²) in [5.41, 5.74) is 3.51. The Bertz CT molecular complexity index is 1200. The van der Waals surface area contributed by atoms with E-state index in [2.05, 4.69) is 21.3 Å². The Hall–Kier alpha value is -6.17. The molecule has 2 fully saturated rings. The summed E-state index contributed by atoms with van der Waals surface area (Å²) in [6, 6.07) is -1.15. The molecule has 226 valence electrons. The van der Waals surface area contributed by atoms with E-state index in [0.29, 0.717) is 9.80 Å². The normalized spacial score (nSPS) is 17.4. The highest BCUT2D eigenvalue weighted by atomic mass is 16.6. The van der Waals surface area contributed by atoms with Crippen LogP contribution in [-0.2, 0) is 9.59 Å². The number of non-ortho nitro benzene ring substituents is 2. The largest absolute Gasteiger partial charge is 0.376 e. The second-order valence-electron chi connectivity index (χ2n) is 7.71. The van der Waals surface area contributed by atoms with E-state index in [1.807, 2.05) is 10.6 Å². The SMILES string of the molecule is NC(=O)c1cc([N+](=O)[O-])cc([N+](=O)[O-])c1.O=C(NCNC(=O)NC1C(=O)NC(=O)N1CO)NC1C(=O)NC(=O)N1CO. The molecular weight excluding hydrogens is 578 g/mol. The van der Waals surface area contributed by atoms with Crippen LogP contribution in [0.25, 0.3) is 0 Å². The molecule has 1 aromatic rings. The molecule has 10 N–H and O–H groups in total. The average molecular weight is 599 g/mol. The smallest absolute Gasteiger partial charge is 0.328 e. The molecule has 0 aliphatic carbocycles. The number of nitro groups is 2. The van der Waals surface area contributed by atoms with Gasteiger partial charge in [0.1, 0.15) is 13.5 Å². The number of nitrogens with one attached hydrogen (secondary N) is 6. The molecule has 0 spiro atoms. The third-order valence-electron chi connectivity index (χ3n) is 5.05. The number of nitro benzene ring substituents is 2. The fourth-order valence-corrected chi connectivity index (χ4v) is 3.09. The van der Waals surface area contributed by atoms with Gasteiger partial charge >= 0.3 is 24.1 Å². The number of hydrogen-bond acceptors (Lipinski definition) is 13. The van der Waals surface area contributed by atoms with E-state index in [1.54, 1.807) is 0 Å². The molecule has 2 unspecified atom stereocenters. The molecular formula is C18H21N11O13. The number of imide groups is 2. The Morgan fingerprint density at radius 3 is 1.50 bits per heavy atom. The monoisotopic (exact) mass is 599 g/mol. The van der Waals surface area contributed by atoms with Gasteiger partial charge in [-0.3, -0.25) is 55.0 Å². The summed E-state index contributed by atoms with van der Waals surface area (Å²) in [6.07, 6.45) is -2.86. The maximum atomic E-state index is 11.7. The molecule has 1 aromatic carbocycles. The number of benzene rings is 1. The zero-order valence-electron chi connectivity index (χ0n) is 20.8. The molecule has 24 heteroatoms. The van der Waals surface area contributed by atoms with Crippen molar-refractivity contribution < 1.29 is 53.6 Å². The Labute approximate surface area is 231 Å². The van der Waals surface area contributed by atoms with Crippen molar-refractivity contribution in [3.05, 3.63) is 44.0 Å². The van der Waals surface area contributed by atoms with Crippen LogP contribution in [0.3, 0.4) is 0 Å². The fraction of sp³-hybridized carbons (Fsp3) is 0.278. The van der Waals surface area contributed by atoms with E-state index < -0.39 is 95.5 Å².